The van der Waals surface area contributed by atoms with Crippen molar-refractivity contribution in [1.29, 1.82) is 0 Å². The van der Waals surface area contributed by atoms with E-state index in [-0.39, 0.29) is 16.7 Å². The fraction of sp³-hybridized carbons (Fsp3) is 0.421. The van der Waals surface area contributed by atoms with E-state index in [1.54, 1.807) is 0 Å². The molecule has 2 aromatic rings. The third-order valence-corrected chi connectivity index (χ3v) is 5.15. The molecule has 0 unspecified atom stereocenters. The van der Waals surface area contributed by atoms with Gasteiger partial charge in [-0.15, -0.1) is 0 Å². The number of nitrogens with zero attached hydrogens (tertiary/aromatic N) is 3. The maximum Gasteiger partial charge on any atom is 0.271 e. The average molecular weight is 374 g/mol. The first-order chi connectivity index (χ1) is 12.5. The number of nitrogens with one attached hydrogen (secondary N) is 1. The number of carbonyl (C=O) groups is 1. The van der Waals surface area contributed by atoms with Gasteiger partial charge in [0.25, 0.3) is 5.91 Å². The quantitative estimate of drug-likeness (QED) is 0.839. The van der Waals surface area contributed by atoms with Gasteiger partial charge in [0.2, 0.25) is 0 Å². The molecule has 1 aliphatic rings. The Kier molecular flexibility index (Phi) is 5.74. The second-order valence-corrected chi connectivity index (χ2v) is 7.06. The van der Waals surface area contributed by atoms with Crippen molar-refractivity contribution < 1.29 is 4.79 Å². The van der Waals surface area contributed by atoms with Crippen LogP contribution in [-0.4, -0.2) is 40.9 Å². The molecule has 138 valence electrons. The lowest BCUT2D eigenvalue weighted by atomic mass is 9.89. The highest BCUT2D eigenvalue weighted by molar-refractivity contribution is 6.30. The zero-order valence-corrected chi connectivity index (χ0v) is 15.9. The van der Waals surface area contributed by atoms with Crippen LogP contribution in [0.25, 0.3) is 0 Å². The highest BCUT2D eigenvalue weighted by atomic mass is 35.5. The first-order valence-electron chi connectivity index (χ1n) is 8.89. The number of halogens is 1. The summed E-state index contributed by atoms with van der Waals surface area (Å²) in [6.45, 7) is 4.16. The number of hydrogen-bond donors (Lipinski definition) is 2. The van der Waals surface area contributed by atoms with E-state index >= 15 is 0 Å². The Balaban J connectivity index is 1.79. The lowest BCUT2D eigenvalue weighted by molar-refractivity contribution is 0.0996. The molecule has 0 aliphatic carbocycles. The summed E-state index contributed by atoms with van der Waals surface area (Å²) in [5.41, 5.74) is 8.26. The summed E-state index contributed by atoms with van der Waals surface area (Å²) in [6.07, 6.45) is 2.93. The lowest BCUT2D eigenvalue weighted by Crippen LogP contribution is -2.29. The number of aryl methyl sites for hydroxylation is 1. The van der Waals surface area contributed by atoms with Crippen molar-refractivity contribution in [3.05, 3.63) is 46.4 Å². The molecule has 1 aromatic heterocycles. The molecule has 1 amide bonds. The van der Waals surface area contributed by atoms with Crippen molar-refractivity contribution in [2.45, 2.75) is 32.1 Å². The van der Waals surface area contributed by atoms with Crippen LogP contribution in [0, 0.1) is 0 Å². The highest BCUT2D eigenvalue weighted by Crippen LogP contribution is 2.29. The van der Waals surface area contributed by atoms with Crippen molar-refractivity contribution >= 4 is 29.0 Å². The van der Waals surface area contributed by atoms with Gasteiger partial charge in [-0.05, 0) is 63.0 Å². The molecule has 7 heteroatoms. The molecule has 1 fully saturated rings. The fourth-order valence-electron chi connectivity index (χ4n) is 3.25. The molecule has 3 rings (SSSR count). The number of anilines is 2. The van der Waals surface area contributed by atoms with Gasteiger partial charge in [0.1, 0.15) is 0 Å². The fourth-order valence-corrected chi connectivity index (χ4v) is 3.51. The van der Waals surface area contributed by atoms with Crippen LogP contribution in [0.4, 0.5) is 11.5 Å². The SMILES string of the molecule is CCc1nc(C(N)=O)c(Nc2ccc(C3CCN(C)CC3)cc2)nc1Cl. The Morgan fingerprint density at radius 2 is 1.92 bits per heavy atom. The van der Waals surface area contributed by atoms with Gasteiger partial charge in [0.15, 0.2) is 16.7 Å². The summed E-state index contributed by atoms with van der Waals surface area (Å²) in [6, 6.07) is 8.22. The van der Waals surface area contributed by atoms with Crippen molar-refractivity contribution in [2.24, 2.45) is 5.73 Å². The van der Waals surface area contributed by atoms with Crippen LogP contribution in [0.3, 0.4) is 0 Å². The zero-order chi connectivity index (χ0) is 18.7. The van der Waals surface area contributed by atoms with Crippen LogP contribution >= 0.6 is 11.6 Å². The second-order valence-electron chi connectivity index (χ2n) is 6.70. The Morgan fingerprint density at radius 1 is 1.27 bits per heavy atom. The van der Waals surface area contributed by atoms with E-state index in [1.165, 1.54) is 18.4 Å². The molecule has 3 N–H and O–H groups in total. The van der Waals surface area contributed by atoms with E-state index in [4.69, 9.17) is 17.3 Å². The Labute approximate surface area is 158 Å². The molecule has 0 saturated carbocycles. The van der Waals surface area contributed by atoms with Crippen molar-refractivity contribution in [3.63, 3.8) is 0 Å². The molecular weight excluding hydrogens is 350 g/mol. The molecule has 6 nitrogen and oxygen atoms in total. The Morgan fingerprint density at radius 3 is 2.50 bits per heavy atom. The molecule has 1 aliphatic heterocycles. The van der Waals surface area contributed by atoms with Gasteiger partial charge in [-0.1, -0.05) is 30.7 Å². The predicted molar refractivity (Wildman–Crippen MR) is 104 cm³/mol. The van der Waals surface area contributed by atoms with Gasteiger partial charge in [-0.3, -0.25) is 4.79 Å². The largest absolute Gasteiger partial charge is 0.364 e. The van der Waals surface area contributed by atoms with Gasteiger partial charge in [-0.25, -0.2) is 9.97 Å². The molecule has 0 radical (unpaired) electrons. The van der Waals surface area contributed by atoms with E-state index in [0.717, 1.165) is 18.8 Å². The van der Waals surface area contributed by atoms with Gasteiger partial charge < -0.3 is 16.0 Å². The van der Waals surface area contributed by atoms with Gasteiger partial charge in [0, 0.05) is 5.69 Å². The first kappa shape index (κ1) is 18.6. The smallest absolute Gasteiger partial charge is 0.271 e. The van der Waals surface area contributed by atoms with Crippen LogP contribution in [0.1, 0.15) is 47.4 Å². The second kappa shape index (κ2) is 8.01. The number of aromatic nitrogens is 2. The number of likely N-dealkylation sites (tertiary alicyclic amines) is 1. The van der Waals surface area contributed by atoms with E-state index in [0.29, 0.717) is 18.0 Å². The summed E-state index contributed by atoms with van der Waals surface area (Å²) in [7, 11) is 2.16. The molecule has 0 bridgehead atoms. The maximum absolute atomic E-state index is 11.7. The number of hydrogen-bond acceptors (Lipinski definition) is 5. The van der Waals surface area contributed by atoms with Crippen molar-refractivity contribution in [1.82, 2.24) is 14.9 Å². The van der Waals surface area contributed by atoms with E-state index in [9.17, 15) is 4.79 Å². The summed E-state index contributed by atoms with van der Waals surface area (Å²) in [4.78, 5) is 22.6. The number of carbonyl (C=O) groups excluding carboxylic acids is 1. The summed E-state index contributed by atoms with van der Waals surface area (Å²) < 4.78 is 0. The topological polar surface area (TPSA) is 84.1 Å². The summed E-state index contributed by atoms with van der Waals surface area (Å²) in [5.74, 6) is 0.251. The minimum absolute atomic E-state index is 0.102. The predicted octanol–water partition coefficient (Wildman–Crippen LogP) is 3.34. The number of rotatable bonds is 5. The van der Waals surface area contributed by atoms with E-state index in [1.807, 2.05) is 19.1 Å². The van der Waals surface area contributed by atoms with Crippen molar-refractivity contribution in [2.75, 3.05) is 25.5 Å². The number of benzene rings is 1. The summed E-state index contributed by atoms with van der Waals surface area (Å²) >= 11 is 6.14. The molecule has 0 atom stereocenters. The van der Waals surface area contributed by atoms with E-state index in [2.05, 4.69) is 39.4 Å². The molecular formula is C19H24ClN5O. The molecule has 2 heterocycles. The normalized spacial score (nSPS) is 15.8. The monoisotopic (exact) mass is 373 g/mol. The third kappa shape index (κ3) is 4.14. The van der Waals surface area contributed by atoms with E-state index < -0.39 is 5.91 Å². The molecule has 0 spiro atoms. The van der Waals surface area contributed by atoms with Crippen LogP contribution in [-0.2, 0) is 6.42 Å². The first-order valence-corrected chi connectivity index (χ1v) is 9.27. The van der Waals surface area contributed by atoms with Gasteiger partial charge in [-0.2, -0.15) is 0 Å². The van der Waals surface area contributed by atoms with Crippen LogP contribution in [0.2, 0.25) is 5.15 Å². The lowest BCUT2D eigenvalue weighted by Gasteiger charge is -2.29. The third-order valence-electron chi connectivity index (χ3n) is 4.85. The number of piperidine rings is 1. The van der Waals surface area contributed by atoms with Gasteiger partial charge >= 0.3 is 0 Å². The number of amides is 1. The molecule has 1 saturated heterocycles. The van der Waals surface area contributed by atoms with Crippen LogP contribution in [0.5, 0.6) is 0 Å². The summed E-state index contributed by atoms with van der Waals surface area (Å²) in [5, 5.41) is 3.40. The van der Waals surface area contributed by atoms with Crippen molar-refractivity contribution in [3.8, 4) is 0 Å². The molecule has 26 heavy (non-hydrogen) atoms. The Bertz CT molecular complexity index is 785. The minimum Gasteiger partial charge on any atom is -0.364 e. The van der Waals surface area contributed by atoms with Crippen LogP contribution < -0.4 is 11.1 Å². The number of primary amides is 1. The van der Waals surface area contributed by atoms with Gasteiger partial charge in [0.05, 0.1) is 5.69 Å². The average Bonchev–Trinajstić information content (AvgIpc) is 2.63. The Hall–Kier alpha value is -2.18. The zero-order valence-electron chi connectivity index (χ0n) is 15.1. The highest BCUT2D eigenvalue weighted by Gasteiger charge is 2.19. The van der Waals surface area contributed by atoms with Crippen LogP contribution in [0.15, 0.2) is 24.3 Å². The standard InChI is InChI=1S/C19H24ClN5O/c1-3-15-17(20)24-19(16(23-15)18(21)26)22-14-6-4-12(5-7-14)13-8-10-25(2)11-9-13/h4-7,13H,3,8-11H2,1-2H3,(H2,21,26)(H,22,24). The maximum atomic E-state index is 11.7. The number of nitrogens with two attached hydrogens (primary N) is 1. The molecule has 1 aromatic carbocycles. The minimum atomic E-state index is -0.630.